The first kappa shape index (κ1) is 19.0. The van der Waals surface area contributed by atoms with Gasteiger partial charge in [-0.15, -0.1) is 0 Å². The van der Waals surface area contributed by atoms with E-state index in [9.17, 15) is 14.0 Å². The number of amides is 1. The molecule has 0 spiro atoms. The molecular weight excluding hydrogens is 347 g/mol. The van der Waals surface area contributed by atoms with Crippen LogP contribution in [0.2, 0.25) is 0 Å². The number of halogens is 1. The van der Waals surface area contributed by atoms with Gasteiger partial charge < -0.3 is 14.5 Å². The molecule has 1 heterocycles. The average molecular weight is 370 g/mol. The van der Waals surface area contributed by atoms with Crippen molar-refractivity contribution in [1.82, 2.24) is 4.90 Å². The summed E-state index contributed by atoms with van der Waals surface area (Å²) in [4.78, 5) is 27.8. The van der Waals surface area contributed by atoms with Gasteiger partial charge in [0.15, 0.2) is 5.78 Å². The van der Waals surface area contributed by atoms with E-state index in [-0.39, 0.29) is 11.7 Å². The largest absolute Gasteiger partial charge is 0.380 e. The fourth-order valence-corrected chi connectivity index (χ4v) is 3.28. The number of carbonyl (C=O) groups excluding carboxylic acids is 2. The maximum Gasteiger partial charge on any atom is 0.253 e. The van der Waals surface area contributed by atoms with Crippen LogP contribution in [0.15, 0.2) is 42.5 Å². The molecule has 1 amide bonds. The molecule has 1 aliphatic rings. The predicted octanol–water partition coefficient (Wildman–Crippen LogP) is 3.14. The van der Waals surface area contributed by atoms with Crippen molar-refractivity contribution >= 4 is 17.4 Å². The fourth-order valence-electron chi connectivity index (χ4n) is 3.28. The van der Waals surface area contributed by atoms with Crippen LogP contribution in [0.25, 0.3) is 0 Å². The monoisotopic (exact) mass is 370 g/mol. The number of nitrogens with zero attached hydrogens (tertiary/aromatic N) is 2. The zero-order valence-electron chi connectivity index (χ0n) is 15.6. The third kappa shape index (κ3) is 4.34. The lowest BCUT2D eigenvalue weighted by molar-refractivity contribution is 0.0746. The van der Waals surface area contributed by atoms with E-state index in [2.05, 4.69) is 0 Å². The summed E-state index contributed by atoms with van der Waals surface area (Å²) >= 11 is 0. The first-order valence-electron chi connectivity index (χ1n) is 8.92. The summed E-state index contributed by atoms with van der Waals surface area (Å²) in [5.74, 6) is -0.596. The van der Waals surface area contributed by atoms with Crippen LogP contribution in [0.4, 0.5) is 10.1 Å². The van der Waals surface area contributed by atoms with Crippen LogP contribution in [0, 0.1) is 5.82 Å². The van der Waals surface area contributed by atoms with Crippen LogP contribution in [0.5, 0.6) is 0 Å². The molecule has 1 aliphatic heterocycles. The van der Waals surface area contributed by atoms with E-state index in [0.29, 0.717) is 49.6 Å². The van der Waals surface area contributed by atoms with Crippen molar-refractivity contribution in [3.05, 3.63) is 65.0 Å². The van der Waals surface area contributed by atoms with Gasteiger partial charge in [0.25, 0.3) is 5.91 Å². The number of ketones is 1. The van der Waals surface area contributed by atoms with Crippen LogP contribution < -0.4 is 4.90 Å². The van der Waals surface area contributed by atoms with Crippen LogP contribution in [0.1, 0.15) is 33.2 Å². The van der Waals surface area contributed by atoms with E-state index in [1.807, 2.05) is 23.1 Å². The first-order valence-corrected chi connectivity index (χ1v) is 8.92. The number of hydrogen-bond acceptors (Lipinski definition) is 4. The van der Waals surface area contributed by atoms with Crippen molar-refractivity contribution in [3.63, 3.8) is 0 Å². The molecule has 0 saturated carbocycles. The highest BCUT2D eigenvalue weighted by atomic mass is 19.1. The number of rotatable bonds is 5. The molecule has 27 heavy (non-hydrogen) atoms. The van der Waals surface area contributed by atoms with Crippen LogP contribution in [-0.2, 0) is 11.3 Å². The van der Waals surface area contributed by atoms with Gasteiger partial charge in [-0.3, -0.25) is 9.59 Å². The summed E-state index contributed by atoms with van der Waals surface area (Å²) < 4.78 is 19.5. The van der Waals surface area contributed by atoms with Crippen LogP contribution in [0.3, 0.4) is 0 Å². The fraction of sp³-hybridized carbons (Fsp3) is 0.333. The number of Topliss-reactive ketones (excluding diaryl/α,β-unsaturated/α-hetero) is 1. The maximum atomic E-state index is 14.3. The van der Waals surface area contributed by atoms with E-state index < -0.39 is 5.82 Å². The second-order valence-corrected chi connectivity index (χ2v) is 6.64. The third-order valence-electron chi connectivity index (χ3n) is 4.75. The lowest BCUT2D eigenvalue weighted by Gasteiger charge is -2.36. The topological polar surface area (TPSA) is 49.9 Å². The van der Waals surface area contributed by atoms with Crippen LogP contribution >= 0.6 is 0 Å². The molecule has 0 unspecified atom stereocenters. The average Bonchev–Trinajstić information content (AvgIpc) is 2.68. The number of hydrogen-bond donors (Lipinski definition) is 0. The Labute approximate surface area is 158 Å². The highest BCUT2D eigenvalue weighted by Crippen LogP contribution is 2.23. The molecule has 1 fully saturated rings. The highest BCUT2D eigenvalue weighted by molar-refractivity contribution is 5.95. The van der Waals surface area contributed by atoms with Gasteiger partial charge in [0.1, 0.15) is 5.82 Å². The zero-order valence-corrected chi connectivity index (χ0v) is 15.6. The van der Waals surface area contributed by atoms with Gasteiger partial charge in [-0.2, -0.15) is 0 Å². The van der Waals surface area contributed by atoms with Crippen molar-refractivity contribution in [2.24, 2.45) is 0 Å². The van der Waals surface area contributed by atoms with Gasteiger partial charge >= 0.3 is 0 Å². The smallest absolute Gasteiger partial charge is 0.253 e. The summed E-state index contributed by atoms with van der Waals surface area (Å²) in [7, 11) is 1.62. The lowest BCUT2D eigenvalue weighted by atomic mass is 10.1. The molecular formula is C21H23FN2O3. The Morgan fingerprint density at radius 2 is 1.78 bits per heavy atom. The van der Waals surface area contributed by atoms with Gasteiger partial charge in [0, 0.05) is 44.4 Å². The van der Waals surface area contributed by atoms with Gasteiger partial charge in [-0.25, -0.2) is 4.39 Å². The molecule has 0 radical (unpaired) electrons. The van der Waals surface area contributed by atoms with E-state index in [4.69, 9.17) is 4.74 Å². The summed E-state index contributed by atoms with van der Waals surface area (Å²) in [6, 6.07) is 12.0. The van der Waals surface area contributed by atoms with E-state index >= 15 is 0 Å². The Morgan fingerprint density at radius 3 is 2.41 bits per heavy atom. The third-order valence-corrected chi connectivity index (χ3v) is 4.75. The Bertz CT molecular complexity index is 845. The quantitative estimate of drug-likeness (QED) is 0.759. The standard InChI is InChI=1S/C21H23FN2O3/c1-15(25)17-6-7-20(19(22)13-17)23-8-10-24(11-9-23)21(26)18-5-3-4-16(12-18)14-27-2/h3-7,12-13H,8-11,14H2,1-2H3. The van der Waals surface area contributed by atoms with Crippen molar-refractivity contribution in [2.75, 3.05) is 38.2 Å². The molecule has 142 valence electrons. The molecule has 5 nitrogen and oxygen atoms in total. The minimum Gasteiger partial charge on any atom is -0.380 e. The Morgan fingerprint density at radius 1 is 1.04 bits per heavy atom. The number of methoxy groups -OCH3 is 1. The summed E-state index contributed by atoms with van der Waals surface area (Å²) in [5.41, 5.74) is 2.42. The number of anilines is 1. The molecule has 0 atom stereocenters. The van der Waals surface area contributed by atoms with Crippen molar-refractivity contribution in [3.8, 4) is 0 Å². The van der Waals surface area contributed by atoms with Crippen molar-refractivity contribution in [1.29, 1.82) is 0 Å². The van der Waals surface area contributed by atoms with Gasteiger partial charge in [0.05, 0.1) is 12.3 Å². The highest BCUT2D eigenvalue weighted by Gasteiger charge is 2.24. The number of ether oxygens (including phenoxy) is 1. The van der Waals surface area contributed by atoms with Gasteiger partial charge in [0.2, 0.25) is 0 Å². The molecule has 0 aliphatic carbocycles. The molecule has 2 aromatic carbocycles. The Hall–Kier alpha value is -2.73. The lowest BCUT2D eigenvalue weighted by Crippen LogP contribution is -2.49. The summed E-state index contributed by atoms with van der Waals surface area (Å²) in [5, 5.41) is 0. The predicted molar refractivity (Wildman–Crippen MR) is 102 cm³/mol. The molecule has 0 N–H and O–H groups in total. The molecule has 0 aromatic heterocycles. The van der Waals surface area contributed by atoms with Gasteiger partial charge in [-0.1, -0.05) is 12.1 Å². The van der Waals surface area contributed by atoms with Gasteiger partial charge in [-0.05, 0) is 42.8 Å². The zero-order chi connectivity index (χ0) is 19.4. The number of benzene rings is 2. The molecule has 6 heteroatoms. The summed E-state index contributed by atoms with van der Waals surface area (Å²) in [6.45, 7) is 3.99. The first-order chi connectivity index (χ1) is 13.0. The molecule has 2 aromatic rings. The SMILES string of the molecule is COCc1cccc(C(=O)N2CCN(c3ccc(C(C)=O)cc3F)CC2)c1. The molecule has 3 rings (SSSR count). The number of piperazine rings is 1. The minimum absolute atomic E-state index is 0.0278. The molecule has 1 saturated heterocycles. The number of carbonyl (C=O) groups is 2. The second kappa shape index (κ2) is 8.31. The summed E-state index contributed by atoms with van der Waals surface area (Å²) in [6.07, 6.45) is 0. The minimum atomic E-state index is -0.408. The Kier molecular flexibility index (Phi) is 5.86. The van der Waals surface area contributed by atoms with Crippen molar-refractivity contribution < 1.29 is 18.7 Å². The normalized spacial score (nSPS) is 14.3. The van der Waals surface area contributed by atoms with Crippen molar-refractivity contribution in [2.45, 2.75) is 13.5 Å². The van der Waals surface area contributed by atoms with E-state index in [0.717, 1.165) is 5.56 Å². The molecule has 0 bridgehead atoms. The second-order valence-electron chi connectivity index (χ2n) is 6.64. The maximum absolute atomic E-state index is 14.3. The Balaban J connectivity index is 1.66. The van der Waals surface area contributed by atoms with Crippen LogP contribution in [-0.4, -0.2) is 49.9 Å². The van der Waals surface area contributed by atoms with E-state index in [1.165, 1.54) is 13.0 Å². The van der Waals surface area contributed by atoms with E-state index in [1.54, 1.807) is 30.2 Å².